The predicted molar refractivity (Wildman–Crippen MR) is 53.7 cm³/mol. The van der Waals surface area contributed by atoms with Crippen LogP contribution in [0.4, 0.5) is 0 Å². The van der Waals surface area contributed by atoms with Gasteiger partial charge in [-0.2, -0.15) is 0 Å². The van der Waals surface area contributed by atoms with E-state index in [-0.39, 0.29) is 6.16 Å². The van der Waals surface area contributed by atoms with E-state index in [9.17, 15) is 4.57 Å². The summed E-state index contributed by atoms with van der Waals surface area (Å²) in [6, 6.07) is 0. The highest BCUT2D eigenvalue weighted by Gasteiger charge is 2.08. The average Bonchev–Trinajstić information content (AvgIpc) is 1.84. The zero-order chi connectivity index (χ0) is 10.9. The fourth-order valence-corrected chi connectivity index (χ4v) is 1.47. The van der Waals surface area contributed by atoms with Gasteiger partial charge in [0.1, 0.15) is 0 Å². The molecule has 0 saturated carbocycles. The smallest absolute Gasteiger partial charge is 0.325 e. The molecule has 0 amide bonds. The zero-order valence-corrected chi connectivity index (χ0v) is 9.71. The Hall–Kier alpha value is 0.500. The highest BCUT2D eigenvalue weighted by molar-refractivity contribution is 7.51. The SMILES string of the molecule is CCCP(=O)(O)O.CCCP(O)O. The van der Waals surface area contributed by atoms with Gasteiger partial charge in [-0.05, 0) is 12.8 Å². The second kappa shape index (κ2) is 9.07. The van der Waals surface area contributed by atoms with Gasteiger partial charge in [-0.25, -0.2) is 0 Å². The molecule has 0 aliphatic heterocycles. The molecule has 0 aromatic rings. The average molecular weight is 232 g/mol. The lowest BCUT2D eigenvalue weighted by molar-refractivity contribution is 0.372. The number of hydrogen-bond acceptors (Lipinski definition) is 3. The van der Waals surface area contributed by atoms with E-state index in [1.807, 2.05) is 6.92 Å². The normalized spacial score (nSPS) is 11.0. The van der Waals surface area contributed by atoms with Crippen molar-refractivity contribution >= 4 is 16.0 Å². The van der Waals surface area contributed by atoms with E-state index in [1.165, 1.54) is 0 Å². The minimum absolute atomic E-state index is 0.00694. The van der Waals surface area contributed by atoms with Crippen molar-refractivity contribution < 1.29 is 24.1 Å². The molecule has 13 heavy (non-hydrogen) atoms. The van der Waals surface area contributed by atoms with Crippen LogP contribution in [-0.2, 0) is 4.57 Å². The number of hydrogen-bond donors (Lipinski definition) is 4. The number of rotatable bonds is 4. The Morgan fingerprint density at radius 1 is 1.15 bits per heavy atom. The summed E-state index contributed by atoms with van der Waals surface area (Å²) in [5.41, 5.74) is 0. The molecular weight excluding hydrogens is 214 g/mol. The molecule has 0 atom stereocenters. The van der Waals surface area contributed by atoms with Crippen molar-refractivity contribution in [3.63, 3.8) is 0 Å². The van der Waals surface area contributed by atoms with Crippen molar-refractivity contribution in [1.82, 2.24) is 0 Å². The third-order valence-corrected chi connectivity index (χ3v) is 2.82. The van der Waals surface area contributed by atoms with Gasteiger partial charge >= 0.3 is 7.60 Å². The molecule has 0 radical (unpaired) electrons. The van der Waals surface area contributed by atoms with E-state index >= 15 is 0 Å². The fourth-order valence-electron chi connectivity index (χ4n) is 0.491. The van der Waals surface area contributed by atoms with Gasteiger partial charge in [-0.3, -0.25) is 4.57 Å². The summed E-state index contributed by atoms with van der Waals surface area (Å²) < 4.78 is 9.93. The summed E-state index contributed by atoms with van der Waals surface area (Å²) in [5.74, 6) is 0. The van der Waals surface area contributed by atoms with Crippen LogP contribution in [0.25, 0.3) is 0 Å². The molecule has 0 rings (SSSR count). The molecular formula is C6H18O5P2. The van der Waals surface area contributed by atoms with Crippen LogP contribution in [0.1, 0.15) is 26.7 Å². The van der Waals surface area contributed by atoms with E-state index in [2.05, 4.69) is 0 Å². The van der Waals surface area contributed by atoms with Crippen LogP contribution in [0, 0.1) is 0 Å². The fraction of sp³-hybridized carbons (Fsp3) is 1.00. The monoisotopic (exact) mass is 232 g/mol. The minimum Gasteiger partial charge on any atom is -0.350 e. The van der Waals surface area contributed by atoms with Gasteiger partial charge in [0.25, 0.3) is 0 Å². The van der Waals surface area contributed by atoms with Crippen molar-refractivity contribution in [2.24, 2.45) is 0 Å². The van der Waals surface area contributed by atoms with Crippen molar-refractivity contribution in [3.05, 3.63) is 0 Å². The summed E-state index contributed by atoms with van der Waals surface area (Å²) in [6.45, 7) is 3.65. The van der Waals surface area contributed by atoms with Gasteiger partial charge in [0.05, 0.1) is 0 Å². The van der Waals surface area contributed by atoms with Crippen LogP contribution in [-0.4, -0.2) is 31.9 Å². The Labute approximate surface area is 79.9 Å². The van der Waals surface area contributed by atoms with E-state index in [4.69, 9.17) is 19.6 Å². The van der Waals surface area contributed by atoms with Crippen molar-refractivity contribution in [3.8, 4) is 0 Å². The molecule has 0 aromatic carbocycles. The molecule has 0 aromatic heterocycles. The largest absolute Gasteiger partial charge is 0.350 e. The lowest BCUT2D eigenvalue weighted by atomic mass is 10.6. The summed E-state index contributed by atoms with van der Waals surface area (Å²) in [4.78, 5) is 32.6. The van der Waals surface area contributed by atoms with Crippen LogP contribution in [0.2, 0.25) is 0 Å². The molecule has 4 N–H and O–H groups in total. The first-order valence-corrected chi connectivity index (χ1v) is 7.26. The quantitative estimate of drug-likeness (QED) is 0.547. The van der Waals surface area contributed by atoms with Gasteiger partial charge < -0.3 is 19.6 Å². The van der Waals surface area contributed by atoms with Crippen LogP contribution in [0.5, 0.6) is 0 Å². The molecule has 0 saturated heterocycles. The minimum atomic E-state index is -3.67. The first-order chi connectivity index (χ1) is 5.83. The van der Waals surface area contributed by atoms with Crippen molar-refractivity contribution in [1.29, 1.82) is 0 Å². The van der Waals surface area contributed by atoms with Gasteiger partial charge in [0.15, 0.2) is 8.38 Å². The molecule has 7 heteroatoms. The third-order valence-electron chi connectivity index (χ3n) is 0.939. The van der Waals surface area contributed by atoms with Gasteiger partial charge in [0, 0.05) is 12.3 Å². The van der Waals surface area contributed by atoms with Crippen molar-refractivity contribution in [2.75, 3.05) is 12.3 Å². The molecule has 0 heterocycles. The lowest BCUT2D eigenvalue weighted by Gasteiger charge is -1.96. The molecule has 82 valence electrons. The maximum absolute atomic E-state index is 9.93. The second-order valence-electron chi connectivity index (χ2n) is 2.48. The summed E-state index contributed by atoms with van der Waals surface area (Å²) in [5, 5.41) is 0. The molecule has 5 nitrogen and oxygen atoms in total. The highest BCUT2D eigenvalue weighted by Crippen LogP contribution is 2.34. The summed E-state index contributed by atoms with van der Waals surface area (Å²) in [6.07, 6.45) is 1.96. The summed E-state index contributed by atoms with van der Waals surface area (Å²) in [7, 11) is -5.27. The molecule has 0 aliphatic carbocycles. The predicted octanol–water partition coefficient (Wildman–Crippen LogP) is 1.27. The topological polar surface area (TPSA) is 98.0 Å². The maximum Gasteiger partial charge on any atom is 0.325 e. The Bertz CT molecular complexity index is 144. The van der Waals surface area contributed by atoms with Gasteiger partial charge in [-0.1, -0.05) is 13.8 Å². The van der Waals surface area contributed by atoms with E-state index in [0.29, 0.717) is 12.6 Å². The van der Waals surface area contributed by atoms with E-state index < -0.39 is 16.0 Å². The first kappa shape index (κ1) is 15.9. The highest BCUT2D eigenvalue weighted by atomic mass is 31.2. The van der Waals surface area contributed by atoms with Gasteiger partial charge in [0.2, 0.25) is 0 Å². The standard InChI is InChI=1S/C3H9O3P.C3H9O2P/c1-2-3-7(4,5)6;1-2-3-6(4)5/h2-3H2,1H3,(H2,4,5,6);4-5H,2-3H2,1H3. The Morgan fingerprint density at radius 2 is 1.62 bits per heavy atom. The van der Waals surface area contributed by atoms with E-state index in [1.54, 1.807) is 6.92 Å². The third kappa shape index (κ3) is 24.5. The maximum atomic E-state index is 9.93. The van der Waals surface area contributed by atoms with Crippen LogP contribution in [0.3, 0.4) is 0 Å². The Morgan fingerprint density at radius 3 is 1.62 bits per heavy atom. The molecule has 0 unspecified atom stereocenters. The first-order valence-electron chi connectivity index (χ1n) is 4.03. The van der Waals surface area contributed by atoms with Gasteiger partial charge in [-0.15, -0.1) is 0 Å². The lowest BCUT2D eigenvalue weighted by Crippen LogP contribution is -1.82. The molecule has 0 aliphatic rings. The molecule has 0 fully saturated rings. The summed E-state index contributed by atoms with van der Waals surface area (Å²) >= 11 is 0. The van der Waals surface area contributed by atoms with Crippen LogP contribution in [0.15, 0.2) is 0 Å². The Balaban J connectivity index is 0. The molecule has 0 bridgehead atoms. The van der Waals surface area contributed by atoms with Crippen molar-refractivity contribution in [2.45, 2.75) is 26.7 Å². The van der Waals surface area contributed by atoms with E-state index in [0.717, 1.165) is 6.42 Å². The second-order valence-corrected chi connectivity index (χ2v) is 5.45. The van der Waals surface area contributed by atoms with Crippen LogP contribution < -0.4 is 0 Å². The molecule has 0 spiro atoms. The Kier molecular flexibility index (Phi) is 11.1. The zero-order valence-electron chi connectivity index (χ0n) is 7.92. The van der Waals surface area contributed by atoms with Crippen LogP contribution >= 0.6 is 16.0 Å².